The van der Waals surface area contributed by atoms with Crippen molar-refractivity contribution in [2.24, 2.45) is 29.1 Å². The van der Waals surface area contributed by atoms with Crippen LogP contribution in [0.4, 0.5) is 0 Å². The molecule has 1 aromatic rings. The van der Waals surface area contributed by atoms with Crippen molar-refractivity contribution in [2.45, 2.75) is 93.7 Å². The molecule has 1 heterocycles. The van der Waals surface area contributed by atoms with Crippen molar-refractivity contribution in [2.75, 3.05) is 41.5 Å². The monoisotopic (exact) mass is 657 g/mol. The maximum absolute atomic E-state index is 15.5. The number of hydrogen-bond acceptors (Lipinski definition) is 11. The number of carbonyl (C=O) groups excluding carboxylic acids is 3. The average Bonchev–Trinajstić information content (AvgIpc) is 3.46. The molecule has 0 N–H and O–H groups in total. The average molecular weight is 658 g/mol. The summed E-state index contributed by atoms with van der Waals surface area (Å²) in [6.45, 7) is 5.08. The summed E-state index contributed by atoms with van der Waals surface area (Å²) >= 11 is 0. The molecule has 0 radical (unpaired) electrons. The van der Waals surface area contributed by atoms with Crippen LogP contribution in [0.3, 0.4) is 0 Å². The molecular weight excluding hydrogens is 610 g/mol. The molecule has 12 heteroatoms. The van der Waals surface area contributed by atoms with E-state index in [0.717, 1.165) is 0 Å². The second-order valence-electron chi connectivity index (χ2n) is 14.7. The second kappa shape index (κ2) is 10.9. The van der Waals surface area contributed by atoms with Gasteiger partial charge >= 0.3 is 17.9 Å². The number of quaternary nitrogens is 1. The van der Waals surface area contributed by atoms with Gasteiger partial charge < -0.3 is 43.0 Å². The van der Waals surface area contributed by atoms with Gasteiger partial charge in [-0.2, -0.15) is 0 Å². The number of carbonyl (C=O) groups is 3. The quantitative estimate of drug-likeness (QED) is 0.168. The van der Waals surface area contributed by atoms with E-state index in [4.69, 9.17) is 33.2 Å². The number of hydrogen-bond donors (Lipinski definition) is 0. The smallest absolute Gasteiger partial charge is 0.338 e. The summed E-state index contributed by atoms with van der Waals surface area (Å²) in [5.74, 6) is -3.74. The third-order valence-electron chi connectivity index (χ3n) is 13.4. The van der Waals surface area contributed by atoms with Crippen molar-refractivity contribution in [3.8, 4) is 0 Å². The third kappa shape index (κ3) is 3.94. The summed E-state index contributed by atoms with van der Waals surface area (Å²) in [7, 11) is 6.51. The Morgan fingerprint density at radius 2 is 1.55 bits per heavy atom. The lowest BCUT2D eigenvalue weighted by molar-refractivity contribution is -0.932. The van der Waals surface area contributed by atoms with E-state index in [1.54, 1.807) is 51.7 Å². The van der Waals surface area contributed by atoms with Crippen molar-refractivity contribution >= 4 is 17.9 Å². The third-order valence-corrected chi connectivity index (χ3v) is 13.4. The number of methoxy groups -OCH3 is 4. The number of nitrogens with zero attached hydrogens (tertiary/aromatic N) is 1. The van der Waals surface area contributed by atoms with Gasteiger partial charge in [-0.3, -0.25) is 9.59 Å². The number of esters is 3. The zero-order valence-electron chi connectivity index (χ0n) is 28.3. The van der Waals surface area contributed by atoms with Crippen molar-refractivity contribution in [1.29, 1.82) is 0 Å². The summed E-state index contributed by atoms with van der Waals surface area (Å²) in [4.78, 5) is 40.3. The van der Waals surface area contributed by atoms with Crippen LogP contribution in [0.25, 0.3) is 0 Å². The van der Waals surface area contributed by atoms with E-state index in [2.05, 4.69) is 0 Å². The molecule has 14 atom stereocenters. The van der Waals surface area contributed by atoms with Gasteiger partial charge in [0.15, 0.2) is 11.7 Å². The predicted molar refractivity (Wildman–Crippen MR) is 164 cm³/mol. The van der Waals surface area contributed by atoms with Gasteiger partial charge in [-0.1, -0.05) is 18.2 Å². The summed E-state index contributed by atoms with van der Waals surface area (Å²) < 4.78 is 44.4. The highest BCUT2D eigenvalue weighted by atomic mass is 16.6. The van der Waals surface area contributed by atoms with E-state index in [-0.39, 0.29) is 38.0 Å². The van der Waals surface area contributed by atoms with Gasteiger partial charge in [-0.15, -0.1) is 0 Å². The van der Waals surface area contributed by atoms with Crippen LogP contribution in [0.2, 0.25) is 0 Å². The zero-order valence-corrected chi connectivity index (χ0v) is 28.3. The summed E-state index contributed by atoms with van der Waals surface area (Å²) in [6, 6.07) is 8.02. The van der Waals surface area contributed by atoms with Gasteiger partial charge in [-0.25, -0.2) is 4.79 Å². The Kier molecular flexibility index (Phi) is 7.67. The zero-order chi connectivity index (χ0) is 33.7. The highest BCUT2D eigenvalue weighted by Crippen LogP contribution is 2.81. The predicted octanol–water partition coefficient (Wildman–Crippen LogP) is 3.04. The van der Waals surface area contributed by atoms with Gasteiger partial charge in [0.1, 0.15) is 29.9 Å². The normalized spacial score (nSPS) is 48.5. The van der Waals surface area contributed by atoms with Gasteiger partial charge in [0.25, 0.3) is 0 Å². The number of likely N-dealkylation sites (tertiary alicyclic amines) is 1. The number of likely N-dealkylation sites (N-methyl/N-ethyl adjacent to an activating group) is 1. The van der Waals surface area contributed by atoms with Crippen LogP contribution in [0, 0.1) is 34.3 Å². The molecule has 0 amide bonds. The van der Waals surface area contributed by atoms with E-state index < -0.39 is 86.9 Å². The number of fused-ring (bicyclic) bond motifs is 2. The van der Waals surface area contributed by atoms with Crippen LogP contribution in [-0.4, -0.2) is 111 Å². The van der Waals surface area contributed by atoms with Gasteiger partial charge in [0.05, 0.1) is 35.6 Å². The maximum atomic E-state index is 15.5. The summed E-state index contributed by atoms with van der Waals surface area (Å²) in [6.07, 6.45) is -1.26. The molecule has 7 rings (SSSR count). The SMILES string of the molecule is CC[N+]1([O-])C[C@]2(OC)CCC(OC)C34C1[C@@H]([C@H](OC)[C@@H]32)[C@@]1(OC(C)=O)C[C@H](OC)[C@@]2(OC(C)=O)C[C@@H]4[C@@H]1[C@H]2OC(=O)c1ccccc1. The van der Waals surface area contributed by atoms with E-state index in [1.165, 1.54) is 21.0 Å². The van der Waals surface area contributed by atoms with Crippen molar-refractivity contribution in [3.05, 3.63) is 41.1 Å². The topological polar surface area (TPSA) is 139 Å². The second-order valence-corrected chi connectivity index (χ2v) is 14.7. The lowest BCUT2D eigenvalue weighted by atomic mass is 9.45. The molecule has 1 aromatic carbocycles. The molecule has 5 aliphatic carbocycles. The molecule has 6 aliphatic rings. The van der Waals surface area contributed by atoms with Gasteiger partial charge in [-0.05, 0) is 44.2 Å². The Balaban J connectivity index is 1.55. The maximum Gasteiger partial charge on any atom is 0.338 e. The van der Waals surface area contributed by atoms with Crippen molar-refractivity contribution < 1.29 is 52.2 Å². The fourth-order valence-corrected chi connectivity index (χ4v) is 12.5. The Morgan fingerprint density at radius 1 is 0.894 bits per heavy atom. The van der Waals surface area contributed by atoms with E-state index >= 15 is 5.21 Å². The summed E-state index contributed by atoms with van der Waals surface area (Å²) in [5.41, 5.74) is -4.16. The van der Waals surface area contributed by atoms with Crippen LogP contribution in [0.1, 0.15) is 56.8 Å². The molecule has 4 unspecified atom stereocenters. The minimum Gasteiger partial charge on any atom is -0.632 e. The Bertz CT molecular complexity index is 1440. The number of rotatable bonds is 9. The van der Waals surface area contributed by atoms with Crippen LogP contribution >= 0.6 is 0 Å². The number of benzene rings is 1. The fraction of sp³-hybridized carbons (Fsp3) is 0.743. The van der Waals surface area contributed by atoms with Gasteiger partial charge in [0, 0.05) is 60.5 Å². The highest BCUT2D eigenvalue weighted by Gasteiger charge is 2.93. The number of piperidine rings is 1. The Labute approximate surface area is 275 Å². The van der Waals surface area contributed by atoms with E-state index in [0.29, 0.717) is 18.4 Å². The van der Waals surface area contributed by atoms with E-state index in [9.17, 15) is 14.4 Å². The van der Waals surface area contributed by atoms with Crippen molar-refractivity contribution in [1.82, 2.24) is 0 Å². The number of ether oxygens (including phenoxy) is 7. The van der Waals surface area contributed by atoms with Crippen molar-refractivity contribution in [3.63, 3.8) is 0 Å². The van der Waals surface area contributed by atoms with E-state index in [1.807, 2.05) is 6.92 Å². The first kappa shape index (κ1) is 32.9. The van der Waals surface area contributed by atoms with Crippen LogP contribution in [0.15, 0.2) is 30.3 Å². The molecule has 6 fully saturated rings. The minimum atomic E-state index is -1.42. The molecule has 1 saturated heterocycles. The molecule has 7 bridgehead atoms. The lowest BCUT2D eigenvalue weighted by Crippen LogP contribution is -2.82. The molecule has 5 saturated carbocycles. The Morgan fingerprint density at radius 3 is 2.13 bits per heavy atom. The van der Waals surface area contributed by atoms with Crippen LogP contribution in [0.5, 0.6) is 0 Å². The largest absolute Gasteiger partial charge is 0.632 e. The van der Waals surface area contributed by atoms with Gasteiger partial charge in [0.2, 0.25) is 0 Å². The minimum absolute atomic E-state index is 0.127. The van der Waals surface area contributed by atoms with Crippen LogP contribution < -0.4 is 0 Å². The molecule has 12 nitrogen and oxygen atoms in total. The highest BCUT2D eigenvalue weighted by molar-refractivity contribution is 5.89. The Hall–Kier alpha value is -2.61. The molecule has 258 valence electrons. The molecule has 1 spiro atoms. The first-order valence-electron chi connectivity index (χ1n) is 16.8. The first-order chi connectivity index (χ1) is 22.4. The lowest BCUT2D eigenvalue weighted by Gasteiger charge is -2.72. The fourth-order valence-electron chi connectivity index (χ4n) is 12.5. The number of hydroxylamine groups is 3. The first-order valence-corrected chi connectivity index (χ1v) is 16.8. The molecule has 47 heavy (non-hydrogen) atoms. The molecule has 0 aromatic heterocycles. The van der Waals surface area contributed by atoms with Crippen LogP contribution in [-0.2, 0) is 42.7 Å². The molecule has 1 aliphatic heterocycles. The standard InChI is InChI=1S/C35H47NO11/c1-8-36(40)18-32(44-7)15-14-23(41-4)35-22-16-33(46-19(2)37)24(42-5)17-34(47-20(3)38,26(29(35)36)27(43-6)28(32)35)25(22)30(33)45-31(39)21-12-10-9-11-13-21/h9-13,22-30H,8,14-18H2,1-7H3/t22-,23?,24+,25-,26-,27+,28-,29?,30-,32-,33+,34-,35?,36?/m1/s1. The summed E-state index contributed by atoms with van der Waals surface area (Å²) in [5, 5.41) is 15.5. The molecular formula is C35H47NO11.